The van der Waals surface area contributed by atoms with E-state index in [1.54, 1.807) is 25.3 Å². The molecule has 0 atom stereocenters. The van der Waals surface area contributed by atoms with E-state index in [1.807, 2.05) is 13.8 Å². The molecule has 2 rings (SSSR count). The Morgan fingerprint density at radius 2 is 2.12 bits per heavy atom. The Labute approximate surface area is 92.9 Å². The van der Waals surface area contributed by atoms with Gasteiger partial charge in [-0.3, -0.25) is 0 Å². The molecule has 1 aromatic heterocycles. The van der Waals surface area contributed by atoms with Crippen LogP contribution in [0.3, 0.4) is 0 Å². The Balaban J connectivity index is 2.71. The molecule has 0 amide bonds. The molecule has 0 bridgehead atoms. The first-order valence-corrected chi connectivity index (χ1v) is 5.10. The highest BCUT2D eigenvalue weighted by Gasteiger charge is 2.09. The summed E-state index contributed by atoms with van der Waals surface area (Å²) in [5, 5.41) is 0.448. The van der Waals surface area contributed by atoms with Gasteiger partial charge in [0, 0.05) is 5.92 Å². The van der Waals surface area contributed by atoms with Gasteiger partial charge in [0.1, 0.15) is 5.75 Å². The molecule has 0 spiro atoms. The van der Waals surface area contributed by atoms with Crippen LogP contribution in [0.25, 0.3) is 10.9 Å². The summed E-state index contributed by atoms with van der Waals surface area (Å²) in [5.41, 5.74) is 0.272. The number of nitrogens with zero attached hydrogens (tertiary/aromatic N) is 1. The van der Waals surface area contributed by atoms with E-state index in [-0.39, 0.29) is 11.5 Å². The summed E-state index contributed by atoms with van der Waals surface area (Å²) in [5.74, 6) is 1.18. The highest BCUT2D eigenvalue weighted by atomic mass is 16.5. The van der Waals surface area contributed by atoms with E-state index in [0.29, 0.717) is 22.5 Å². The van der Waals surface area contributed by atoms with Crippen molar-refractivity contribution >= 4 is 10.9 Å². The smallest absolute Gasteiger partial charge is 0.346 e. The zero-order valence-corrected chi connectivity index (χ0v) is 9.48. The topological polar surface area (TPSA) is 52.3 Å². The van der Waals surface area contributed by atoms with E-state index in [4.69, 9.17) is 9.15 Å². The molecule has 0 N–H and O–H groups in total. The minimum atomic E-state index is -0.368. The second-order valence-electron chi connectivity index (χ2n) is 3.88. The van der Waals surface area contributed by atoms with Crippen molar-refractivity contribution in [2.24, 2.45) is 0 Å². The van der Waals surface area contributed by atoms with Crippen LogP contribution >= 0.6 is 0 Å². The van der Waals surface area contributed by atoms with Crippen LogP contribution in [0.5, 0.6) is 5.75 Å². The van der Waals surface area contributed by atoms with Crippen LogP contribution in [-0.2, 0) is 0 Å². The van der Waals surface area contributed by atoms with Crippen molar-refractivity contribution in [1.82, 2.24) is 4.98 Å². The SMILES string of the molecule is COc1ccc2nc(C(C)C)oc(=O)c2c1. The van der Waals surface area contributed by atoms with E-state index in [0.717, 1.165) is 0 Å². The summed E-state index contributed by atoms with van der Waals surface area (Å²) in [6, 6.07) is 5.17. The maximum atomic E-state index is 11.7. The third-order valence-electron chi connectivity index (χ3n) is 2.35. The number of ether oxygens (including phenoxy) is 1. The van der Waals surface area contributed by atoms with Gasteiger partial charge in [0.05, 0.1) is 18.0 Å². The molecule has 0 aliphatic carbocycles. The van der Waals surface area contributed by atoms with Gasteiger partial charge in [-0.05, 0) is 18.2 Å². The molecule has 1 aromatic carbocycles. The van der Waals surface area contributed by atoms with Gasteiger partial charge < -0.3 is 9.15 Å². The lowest BCUT2D eigenvalue weighted by atomic mass is 10.2. The van der Waals surface area contributed by atoms with Crippen LogP contribution in [0.1, 0.15) is 25.7 Å². The van der Waals surface area contributed by atoms with Crippen LogP contribution in [0.15, 0.2) is 27.4 Å². The molecule has 0 unspecified atom stereocenters. The largest absolute Gasteiger partial charge is 0.497 e. The Morgan fingerprint density at radius 3 is 2.75 bits per heavy atom. The summed E-state index contributed by atoms with van der Waals surface area (Å²) >= 11 is 0. The highest BCUT2D eigenvalue weighted by Crippen LogP contribution is 2.18. The van der Waals surface area contributed by atoms with Crippen LogP contribution in [-0.4, -0.2) is 12.1 Å². The minimum Gasteiger partial charge on any atom is -0.497 e. The quantitative estimate of drug-likeness (QED) is 0.777. The molecule has 0 saturated carbocycles. The lowest BCUT2D eigenvalue weighted by molar-refractivity contribution is 0.412. The predicted molar refractivity (Wildman–Crippen MR) is 60.9 cm³/mol. The van der Waals surface area contributed by atoms with Gasteiger partial charge >= 0.3 is 5.63 Å². The Bertz CT molecular complexity index is 572. The summed E-state index contributed by atoms with van der Waals surface area (Å²) in [6.07, 6.45) is 0. The second-order valence-corrected chi connectivity index (χ2v) is 3.88. The van der Waals surface area contributed by atoms with Crippen LogP contribution in [0, 0.1) is 0 Å². The van der Waals surface area contributed by atoms with Crippen LogP contribution in [0.4, 0.5) is 0 Å². The zero-order chi connectivity index (χ0) is 11.7. The average molecular weight is 219 g/mol. The lowest BCUT2D eigenvalue weighted by Gasteiger charge is -2.04. The molecule has 0 aliphatic rings. The van der Waals surface area contributed by atoms with Crippen molar-refractivity contribution in [3.05, 3.63) is 34.5 Å². The fraction of sp³-hybridized carbons (Fsp3) is 0.333. The number of methoxy groups -OCH3 is 1. The van der Waals surface area contributed by atoms with Gasteiger partial charge in [-0.1, -0.05) is 13.8 Å². The Kier molecular flexibility index (Phi) is 2.64. The third-order valence-corrected chi connectivity index (χ3v) is 2.35. The first kappa shape index (κ1) is 10.7. The normalized spacial score (nSPS) is 11.0. The van der Waals surface area contributed by atoms with E-state index >= 15 is 0 Å². The van der Waals surface area contributed by atoms with Crippen molar-refractivity contribution < 1.29 is 9.15 Å². The standard InChI is InChI=1S/C12H13NO3/c1-7(2)11-13-10-5-4-8(15-3)6-9(10)12(14)16-11/h4-7H,1-3H3. The molecule has 1 heterocycles. The van der Waals surface area contributed by atoms with Gasteiger partial charge in [-0.15, -0.1) is 0 Å². The predicted octanol–water partition coefficient (Wildman–Crippen LogP) is 2.32. The van der Waals surface area contributed by atoms with Crippen molar-refractivity contribution in [2.75, 3.05) is 7.11 Å². The van der Waals surface area contributed by atoms with E-state index in [9.17, 15) is 4.79 Å². The Morgan fingerprint density at radius 1 is 1.38 bits per heavy atom. The van der Waals surface area contributed by atoms with Crippen molar-refractivity contribution in [3.63, 3.8) is 0 Å². The van der Waals surface area contributed by atoms with Gasteiger partial charge in [-0.25, -0.2) is 9.78 Å². The van der Waals surface area contributed by atoms with Crippen molar-refractivity contribution in [3.8, 4) is 5.75 Å². The van der Waals surface area contributed by atoms with Crippen LogP contribution < -0.4 is 10.4 Å². The summed E-state index contributed by atoms with van der Waals surface area (Å²) in [6.45, 7) is 3.86. The first-order valence-electron chi connectivity index (χ1n) is 5.10. The van der Waals surface area contributed by atoms with Crippen molar-refractivity contribution in [1.29, 1.82) is 0 Å². The fourth-order valence-corrected chi connectivity index (χ4v) is 1.44. The highest BCUT2D eigenvalue weighted by molar-refractivity contribution is 5.78. The summed E-state index contributed by atoms with van der Waals surface area (Å²) < 4.78 is 10.2. The van der Waals surface area contributed by atoms with Crippen molar-refractivity contribution in [2.45, 2.75) is 19.8 Å². The summed E-state index contributed by atoms with van der Waals surface area (Å²) in [4.78, 5) is 16.0. The molecular formula is C12H13NO3. The molecular weight excluding hydrogens is 206 g/mol. The number of benzene rings is 1. The van der Waals surface area contributed by atoms with Crippen LogP contribution in [0.2, 0.25) is 0 Å². The molecule has 16 heavy (non-hydrogen) atoms. The maximum Gasteiger partial charge on any atom is 0.346 e. The molecule has 2 aromatic rings. The molecule has 0 saturated heterocycles. The van der Waals surface area contributed by atoms with E-state index in [1.165, 1.54) is 0 Å². The maximum absolute atomic E-state index is 11.7. The second kappa shape index (κ2) is 3.96. The minimum absolute atomic E-state index is 0.0965. The molecule has 0 aliphatic heterocycles. The summed E-state index contributed by atoms with van der Waals surface area (Å²) in [7, 11) is 1.55. The van der Waals surface area contributed by atoms with E-state index < -0.39 is 0 Å². The number of hydrogen-bond donors (Lipinski definition) is 0. The monoisotopic (exact) mass is 219 g/mol. The van der Waals surface area contributed by atoms with E-state index in [2.05, 4.69) is 4.98 Å². The molecule has 0 radical (unpaired) electrons. The molecule has 0 fully saturated rings. The number of aromatic nitrogens is 1. The van der Waals surface area contributed by atoms with Gasteiger partial charge in [0.25, 0.3) is 0 Å². The molecule has 4 heteroatoms. The van der Waals surface area contributed by atoms with Gasteiger partial charge in [0.15, 0.2) is 0 Å². The first-order chi connectivity index (χ1) is 7.61. The van der Waals surface area contributed by atoms with Gasteiger partial charge in [0.2, 0.25) is 5.89 Å². The average Bonchev–Trinajstić information content (AvgIpc) is 2.28. The third kappa shape index (κ3) is 1.78. The zero-order valence-electron chi connectivity index (χ0n) is 9.48. The number of hydrogen-bond acceptors (Lipinski definition) is 4. The number of fused-ring (bicyclic) bond motifs is 1. The lowest BCUT2D eigenvalue weighted by Crippen LogP contribution is -2.06. The van der Waals surface area contributed by atoms with Gasteiger partial charge in [-0.2, -0.15) is 0 Å². The molecule has 84 valence electrons. The molecule has 4 nitrogen and oxygen atoms in total. The Hall–Kier alpha value is -1.84. The number of rotatable bonds is 2. The fourth-order valence-electron chi connectivity index (χ4n) is 1.44.